The summed E-state index contributed by atoms with van der Waals surface area (Å²) in [4.78, 5) is 16.6. The zero-order valence-corrected chi connectivity index (χ0v) is 12.3. The Morgan fingerprint density at radius 1 is 1.23 bits per heavy atom. The first-order chi connectivity index (χ1) is 10.8. The summed E-state index contributed by atoms with van der Waals surface area (Å²) in [6.45, 7) is 0.196. The maximum Gasteiger partial charge on any atom is 0.269 e. The normalized spacial score (nSPS) is 16.5. The number of fused-ring (bicyclic) bond motifs is 2. The molecule has 0 saturated heterocycles. The first kappa shape index (κ1) is 13.1. The lowest BCUT2D eigenvalue weighted by molar-refractivity contribution is -0.125. The monoisotopic (exact) mass is 312 g/mol. The first-order valence-electron chi connectivity index (χ1n) is 6.82. The van der Waals surface area contributed by atoms with Gasteiger partial charge in [0.05, 0.1) is 15.7 Å². The fourth-order valence-electron chi connectivity index (χ4n) is 2.31. The van der Waals surface area contributed by atoms with E-state index in [1.807, 2.05) is 36.4 Å². The minimum absolute atomic E-state index is 0.196. The molecule has 2 aromatic carbocycles. The van der Waals surface area contributed by atoms with Crippen LogP contribution in [-0.4, -0.2) is 23.6 Å². The second-order valence-corrected chi connectivity index (χ2v) is 5.77. The lowest BCUT2D eigenvalue weighted by atomic mass is 10.2. The number of nitrogens with one attached hydrogen (secondary N) is 1. The SMILES string of the molecule is O=C(Nc1ccc2scnc2c1)[C@H]1COc2ccccc2O1. The van der Waals surface area contributed by atoms with Crippen LogP contribution >= 0.6 is 11.3 Å². The Kier molecular flexibility index (Phi) is 3.16. The molecule has 0 spiro atoms. The number of anilines is 1. The number of amides is 1. The lowest BCUT2D eigenvalue weighted by Crippen LogP contribution is -2.40. The van der Waals surface area contributed by atoms with Crippen LogP contribution in [0, 0.1) is 0 Å². The molecule has 4 rings (SSSR count). The second kappa shape index (κ2) is 5.31. The Hall–Kier alpha value is -2.60. The molecule has 0 fully saturated rings. The number of ether oxygens (including phenoxy) is 2. The van der Waals surface area contributed by atoms with Crippen LogP contribution < -0.4 is 14.8 Å². The number of hydrogen-bond donors (Lipinski definition) is 1. The number of benzene rings is 2. The highest BCUT2D eigenvalue weighted by Gasteiger charge is 2.27. The highest BCUT2D eigenvalue weighted by Crippen LogP contribution is 2.31. The molecule has 1 aliphatic rings. The molecule has 0 radical (unpaired) electrons. The first-order valence-corrected chi connectivity index (χ1v) is 7.70. The maximum atomic E-state index is 12.3. The molecule has 0 unspecified atom stereocenters. The molecule has 1 amide bonds. The van der Waals surface area contributed by atoms with Crippen molar-refractivity contribution in [3.8, 4) is 11.5 Å². The van der Waals surface area contributed by atoms with Crippen molar-refractivity contribution in [2.45, 2.75) is 6.10 Å². The number of para-hydroxylation sites is 2. The largest absolute Gasteiger partial charge is 0.485 e. The quantitative estimate of drug-likeness (QED) is 0.790. The summed E-state index contributed by atoms with van der Waals surface area (Å²) in [6.07, 6.45) is -0.666. The van der Waals surface area contributed by atoms with E-state index in [-0.39, 0.29) is 12.5 Å². The van der Waals surface area contributed by atoms with Gasteiger partial charge in [0.2, 0.25) is 6.10 Å². The van der Waals surface area contributed by atoms with Gasteiger partial charge in [0, 0.05) is 5.69 Å². The Morgan fingerprint density at radius 2 is 2.09 bits per heavy atom. The predicted molar refractivity (Wildman–Crippen MR) is 84.6 cm³/mol. The summed E-state index contributed by atoms with van der Waals surface area (Å²) in [6, 6.07) is 13.0. The fraction of sp³-hybridized carbons (Fsp3) is 0.125. The zero-order chi connectivity index (χ0) is 14.9. The summed E-state index contributed by atoms with van der Waals surface area (Å²) in [7, 11) is 0. The summed E-state index contributed by atoms with van der Waals surface area (Å²) in [5, 5.41) is 2.85. The van der Waals surface area contributed by atoms with E-state index in [9.17, 15) is 4.79 Å². The molecule has 5 nitrogen and oxygen atoms in total. The van der Waals surface area contributed by atoms with Crippen molar-refractivity contribution in [2.75, 3.05) is 11.9 Å². The Labute approximate surface area is 130 Å². The van der Waals surface area contributed by atoms with Crippen LogP contribution in [0.2, 0.25) is 0 Å². The highest BCUT2D eigenvalue weighted by molar-refractivity contribution is 7.16. The topological polar surface area (TPSA) is 60.5 Å². The Bertz CT molecular complexity index is 846. The van der Waals surface area contributed by atoms with Crippen molar-refractivity contribution in [2.24, 2.45) is 0 Å². The molecule has 22 heavy (non-hydrogen) atoms. The summed E-state index contributed by atoms with van der Waals surface area (Å²) >= 11 is 1.57. The molecular formula is C16H12N2O3S. The van der Waals surface area contributed by atoms with Gasteiger partial charge < -0.3 is 14.8 Å². The molecule has 1 atom stereocenters. The van der Waals surface area contributed by atoms with Gasteiger partial charge in [-0.3, -0.25) is 4.79 Å². The molecule has 1 aliphatic heterocycles. The minimum Gasteiger partial charge on any atom is -0.485 e. The van der Waals surface area contributed by atoms with Gasteiger partial charge in [0.1, 0.15) is 6.61 Å². The summed E-state index contributed by atoms with van der Waals surface area (Å²) in [5.74, 6) is 1.02. The molecule has 0 bridgehead atoms. The van der Waals surface area contributed by atoms with Gasteiger partial charge in [0.15, 0.2) is 11.5 Å². The van der Waals surface area contributed by atoms with Crippen molar-refractivity contribution in [3.05, 3.63) is 48.0 Å². The summed E-state index contributed by atoms with van der Waals surface area (Å²) in [5.41, 5.74) is 3.35. The number of rotatable bonds is 2. The zero-order valence-electron chi connectivity index (χ0n) is 11.5. The van der Waals surface area contributed by atoms with Gasteiger partial charge in [-0.05, 0) is 30.3 Å². The number of nitrogens with zero attached hydrogens (tertiary/aromatic N) is 1. The van der Waals surface area contributed by atoms with E-state index in [0.29, 0.717) is 17.2 Å². The van der Waals surface area contributed by atoms with Crippen LogP contribution in [0.25, 0.3) is 10.2 Å². The van der Waals surface area contributed by atoms with Crippen LogP contribution in [0.4, 0.5) is 5.69 Å². The number of aromatic nitrogens is 1. The number of carbonyl (C=O) groups is 1. The average molecular weight is 312 g/mol. The average Bonchev–Trinajstić information content (AvgIpc) is 3.02. The second-order valence-electron chi connectivity index (χ2n) is 4.89. The van der Waals surface area contributed by atoms with E-state index in [2.05, 4.69) is 10.3 Å². The summed E-state index contributed by atoms with van der Waals surface area (Å²) < 4.78 is 12.3. The van der Waals surface area contributed by atoms with Gasteiger partial charge in [-0.2, -0.15) is 0 Å². The van der Waals surface area contributed by atoms with E-state index in [4.69, 9.17) is 9.47 Å². The van der Waals surface area contributed by atoms with Gasteiger partial charge in [-0.25, -0.2) is 4.98 Å². The molecule has 0 saturated carbocycles. The van der Waals surface area contributed by atoms with E-state index in [1.165, 1.54) is 0 Å². The molecule has 3 aromatic rings. The highest BCUT2D eigenvalue weighted by atomic mass is 32.1. The van der Waals surface area contributed by atoms with E-state index >= 15 is 0 Å². The third-order valence-corrected chi connectivity index (χ3v) is 4.21. The fourth-order valence-corrected chi connectivity index (χ4v) is 2.97. The molecule has 1 aromatic heterocycles. The molecule has 0 aliphatic carbocycles. The van der Waals surface area contributed by atoms with Crippen LogP contribution in [0.15, 0.2) is 48.0 Å². The van der Waals surface area contributed by atoms with Crippen LogP contribution in [-0.2, 0) is 4.79 Å². The number of carbonyl (C=O) groups excluding carboxylic acids is 1. The van der Waals surface area contributed by atoms with Crippen molar-refractivity contribution in [1.82, 2.24) is 4.98 Å². The van der Waals surface area contributed by atoms with Gasteiger partial charge >= 0.3 is 0 Å². The molecule has 6 heteroatoms. The van der Waals surface area contributed by atoms with Crippen LogP contribution in [0.1, 0.15) is 0 Å². The third-order valence-electron chi connectivity index (χ3n) is 3.40. The van der Waals surface area contributed by atoms with Crippen molar-refractivity contribution in [3.63, 3.8) is 0 Å². The minimum atomic E-state index is -0.666. The van der Waals surface area contributed by atoms with Gasteiger partial charge in [-0.15, -0.1) is 11.3 Å². The third kappa shape index (κ3) is 2.37. The van der Waals surface area contributed by atoms with Crippen molar-refractivity contribution >= 4 is 33.1 Å². The van der Waals surface area contributed by atoms with E-state index < -0.39 is 6.10 Å². The molecule has 110 valence electrons. The van der Waals surface area contributed by atoms with Crippen molar-refractivity contribution in [1.29, 1.82) is 0 Å². The Balaban J connectivity index is 1.50. The van der Waals surface area contributed by atoms with E-state index in [1.54, 1.807) is 22.9 Å². The van der Waals surface area contributed by atoms with E-state index in [0.717, 1.165) is 10.2 Å². The van der Waals surface area contributed by atoms with Crippen LogP contribution in [0.3, 0.4) is 0 Å². The van der Waals surface area contributed by atoms with Crippen molar-refractivity contribution < 1.29 is 14.3 Å². The molecule has 2 heterocycles. The van der Waals surface area contributed by atoms with Gasteiger partial charge in [0.25, 0.3) is 5.91 Å². The smallest absolute Gasteiger partial charge is 0.269 e. The van der Waals surface area contributed by atoms with Gasteiger partial charge in [-0.1, -0.05) is 12.1 Å². The lowest BCUT2D eigenvalue weighted by Gasteiger charge is -2.25. The Morgan fingerprint density at radius 3 is 3.00 bits per heavy atom. The van der Waals surface area contributed by atoms with Crippen LogP contribution in [0.5, 0.6) is 11.5 Å². The standard InChI is InChI=1S/C16H12N2O3S/c19-16(14-8-20-12-3-1-2-4-13(12)21-14)18-10-5-6-15-11(7-10)17-9-22-15/h1-7,9,14H,8H2,(H,18,19)/t14-/m1/s1. The predicted octanol–water partition coefficient (Wildman–Crippen LogP) is 3.07. The maximum absolute atomic E-state index is 12.3. The molecule has 1 N–H and O–H groups in total. The number of hydrogen-bond acceptors (Lipinski definition) is 5. The number of thiazole rings is 1. The molecular weight excluding hydrogens is 300 g/mol.